The highest BCUT2D eigenvalue weighted by Gasteiger charge is 2.17. The number of anilines is 1. The van der Waals surface area contributed by atoms with Crippen LogP contribution in [-0.2, 0) is 7.05 Å². The lowest BCUT2D eigenvalue weighted by molar-refractivity contribution is 0.338. The Bertz CT molecular complexity index is 719. The molecule has 122 valence electrons. The van der Waals surface area contributed by atoms with E-state index in [-0.39, 0.29) is 16.8 Å². The van der Waals surface area contributed by atoms with Gasteiger partial charge in [-0.2, -0.15) is 5.10 Å². The molecule has 0 spiro atoms. The van der Waals surface area contributed by atoms with Gasteiger partial charge in [0.15, 0.2) is 5.15 Å². The monoisotopic (exact) mass is 334 g/mol. The van der Waals surface area contributed by atoms with Crippen LogP contribution in [0.2, 0.25) is 5.15 Å². The second-order valence-electron chi connectivity index (χ2n) is 5.67. The molecule has 2 N–H and O–H groups in total. The first-order chi connectivity index (χ1) is 11.1. The summed E-state index contributed by atoms with van der Waals surface area (Å²) in [6, 6.07) is 2.15. The molecule has 0 amide bonds. The number of nitrogens with zero attached hydrogens (tertiary/aromatic N) is 4. The van der Waals surface area contributed by atoms with E-state index in [0.717, 1.165) is 6.54 Å². The Balaban J connectivity index is 1.64. The normalized spacial score (nSPS) is 20.8. The van der Waals surface area contributed by atoms with Crippen LogP contribution in [0.25, 0.3) is 0 Å². The van der Waals surface area contributed by atoms with E-state index in [1.807, 2.05) is 6.08 Å². The van der Waals surface area contributed by atoms with Crippen molar-refractivity contribution in [2.75, 3.05) is 11.9 Å². The zero-order chi connectivity index (χ0) is 16.2. The van der Waals surface area contributed by atoms with Crippen molar-refractivity contribution in [3.05, 3.63) is 33.8 Å². The Kier molecular flexibility index (Phi) is 4.88. The van der Waals surface area contributed by atoms with E-state index in [2.05, 4.69) is 25.7 Å². The topological polar surface area (TPSA) is 83.7 Å². The maximum atomic E-state index is 12.0. The smallest absolute Gasteiger partial charge is 0.290 e. The molecule has 1 saturated carbocycles. The van der Waals surface area contributed by atoms with E-state index >= 15 is 0 Å². The Labute approximate surface area is 139 Å². The number of nitrogens with one attached hydrogen (secondary N) is 2. The lowest BCUT2D eigenvalue weighted by Crippen LogP contribution is -2.39. The fourth-order valence-corrected chi connectivity index (χ4v) is 2.58. The van der Waals surface area contributed by atoms with E-state index in [1.54, 1.807) is 19.5 Å². The van der Waals surface area contributed by atoms with Crippen LogP contribution in [0.1, 0.15) is 19.3 Å². The molecule has 1 aliphatic heterocycles. The number of aryl methyl sites for hydroxylation is 1. The molecule has 2 heterocycles. The number of rotatable bonds is 4. The first kappa shape index (κ1) is 15.9. The fraction of sp³-hybridized carbons (Fsp3) is 0.467. The zero-order valence-corrected chi connectivity index (χ0v) is 13.6. The second-order valence-corrected chi connectivity index (χ2v) is 6.06. The van der Waals surface area contributed by atoms with E-state index in [9.17, 15) is 4.79 Å². The Morgan fingerprint density at radius 2 is 2.26 bits per heavy atom. The summed E-state index contributed by atoms with van der Waals surface area (Å²) in [6.45, 7) is 0.795. The Morgan fingerprint density at radius 3 is 3.00 bits per heavy atom. The molecule has 8 heteroatoms. The predicted octanol–water partition coefficient (Wildman–Crippen LogP) is 1.35. The summed E-state index contributed by atoms with van der Waals surface area (Å²) in [5.74, 6) is 0.492. The molecule has 23 heavy (non-hydrogen) atoms. The van der Waals surface area contributed by atoms with Crippen molar-refractivity contribution < 1.29 is 0 Å². The molecule has 2 aliphatic rings. The number of aromatic nitrogens is 2. The van der Waals surface area contributed by atoms with Gasteiger partial charge in [-0.05, 0) is 18.9 Å². The van der Waals surface area contributed by atoms with Gasteiger partial charge in [0, 0.05) is 31.9 Å². The summed E-state index contributed by atoms with van der Waals surface area (Å²) in [7, 11) is 1.55. The third kappa shape index (κ3) is 4.05. The van der Waals surface area contributed by atoms with Gasteiger partial charge in [-0.15, -0.1) is 0 Å². The Morgan fingerprint density at radius 1 is 1.43 bits per heavy atom. The highest BCUT2D eigenvalue weighted by Crippen LogP contribution is 2.18. The van der Waals surface area contributed by atoms with Crippen LogP contribution in [0.4, 0.5) is 5.69 Å². The molecule has 1 aromatic rings. The predicted molar refractivity (Wildman–Crippen MR) is 92.6 cm³/mol. The highest BCUT2D eigenvalue weighted by molar-refractivity contribution is 6.35. The van der Waals surface area contributed by atoms with Crippen molar-refractivity contribution in [1.29, 1.82) is 0 Å². The quantitative estimate of drug-likeness (QED) is 0.870. The minimum Gasteiger partial charge on any atom is -0.334 e. The van der Waals surface area contributed by atoms with Gasteiger partial charge in [-0.1, -0.05) is 18.0 Å². The fourth-order valence-electron chi connectivity index (χ4n) is 2.36. The van der Waals surface area contributed by atoms with Gasteiger partial charge >= 0.3 is 0 Å². The molecule has 0 radical (unpaired) electrons. The average Bonchev–Trinajstić information content (AvgIpc) is 2.68. The van der Waals surface area contributed by atoms with E-state index in [1.165, 1.54) is 30.0 Å². The number of amidine groups is 1. The summed E-state index contributed by atoms with van der Waals surface area (Å²) in [4.78, 5) is 20.8. The minimum absolute atomic E-state index is 0.0440. The average molecular weight is 335 g/mol. The van der Waals surface area contributed by atoms with E-state index in [0.29, 0.717) is 17.6 Å². The van der Waals surface area contributed by atoms with Crippen LogP contribution in [0.3, 0.4) is 0 Å². The van der Waals surface area contributed by atoms with Crippen molar-refractivity contribution in [1.82, 2.24) is 15.1 Å². The van der Waals surface area contributed by atoms with Gasteiger partial charge < -0.3 is 10.6 Å². The summed E-state index contributed by atoms with van der Waals surface area (Å²) in [5.41, 5.74) is 0.0408. The molecule has 1 aliphatic carbocycles. The van der Waals surface area contributed by atoms with Crippen molar-refractivity contribution in [2.24, 2.45) is 17.0 Å². The van der Waals surface area contributed by atoms with Crippen LogP contribution in [0, 0.1) is 0 Å². The molecule has 1 aromatic heterocycles. The molecular formula is C15H19ClN6O. The minimum atomic E-state index is -0.276. The van der Waals surface area contributed by atoms with Gasteiger partial charge in [-0.3, -0.25) is 9.79 Å². The molecule has 0 aromatic carbocycles. The van der Waals surface area contributed by atoms with Gasteiger partial charge in [0.2, 0.25) is 0 Å². The maximum absolute atomic E-state index is 12.0. The molecule has 3 rings (SSSR count). The first-order valence-corrected chi connectivity index (χ1v) is 8.01. The van der Waals surface area contributed by atoms with Gasteiger partial charge in [0.05, 0.1) is 12.3 Å². The summed E-state index contributed by atoms with van der Waals surface area (Å²) < 4.78 is 1.18. The van der Waals surface area contributed by atoms with Crippen LogP contribution in [-0.4, -0.2) is 40.5 Å². The second kappa shape index (κ2) is 7.06. The molecule has 1 fully saturated rings. The standard InChI is InChI=1S/C15H19ClN6O/c1-22-15(23)12(7-13(16)21-22)20-14-9-19-11(5-6-17-14)8-18-10-3-2-4-10/h5-7,9-11,18H,2-4,8H2,1H3,(H,17,20). The van der Waals surface area contributed by atoms with Crippen LogP contribution in [0.15, 0.2) is 33.1 Å². The molecular weight excluding hydrogens is 316 g/mol. The molecule has 1 unspecified atom stereocenters. The number of halogens is 1. The SMILES string of the molecule is Cn1nc(Cl)cc(NC2=NC=CC(CNC3CCC3)N=C2)c1=O. The highest BCUT2D eigenvalue weighted by atomic mass is 35.5. The number of aliphatic imine (C=N–C) groups is 2. The first-order valence-electron chi connectivity index (χ1n) is 7.64. The van der Waals surface area contributed by atoms with Crippen molar-refractivity contribution >= 4 is 29.3 Å². The third-order valence-electron chi connectivity index (χ3n) is 3.93. The number of hydrogen-bond donors (Lipinski definition) is 2. The molecule has 1 atom stereocenters. The van der Waals surface area contributed by atoms with E-state index < -0.39 is 0 Å². The third-order valence-corrected chi connectivity index (χ3v) is 4.11. The summed E-state index contributed by atoms with van der Waals surface area (Å²) in [5, 5.41) is 10.5. The van der Waals surface area contributed by atoms with Gasteiger partial charge in [0.25, 0.3) is 5.56 Å². The van der Waals surface area contributed by atoms with Crippen molar-refractivity contribution in [3.8, 4) is 0 Å². The molecule has 7 nitrogen and oxygen atoms in total. The van der Waals surface area contributed by atoms with Crippen LogP contribution < -0.4 is 16.2 Å². The summed E-state index contributed by atoms with van der Waals surface area (Å²) in [6.07, 6.45) is 9.08. The van der Waals surface area contributed by atoms with Gasteiger partial charge in [0.1, 0.15) is 11.5 Å². The Hall–Kier alpha value is -1.99. The number of hydrogen-bond acceptors (Lipinski definition) is 6. The largest absolute Gasteiger partial charge is 0.334 e. The van der Waals surface area contributed by atoms with Crippen molar-refractivity contribution in [3.63, 3.8) is 0 Å². The zero-order valence-electron chi connectivity index (χ0n) is 12.9. The molecule has 0 bridgehead atoms. The lowest BCUT2D eigenvalue weighted by Gasteiger charge is -2.27. The maximum Gasteiger partial charge on any atom is 0.290 e. The van der Waals surface area contributed by atoms with Gasteiger partial charge in [-0.25, -0.2) is 9.67 Å². The lowest BCUT2D eigenvalue weighted by atomic mass is 9.93. The van der Waals surface area contributed by atoms with Crippen molar-refractivity contribution in [2.45, 2.75) is 31.3 Å². The summed E-state index contributed by atoms with van der Waals surface area (Å²) >= 11 is 5.88. The molecule has 0 saturated heterocycles. The van der Waals surface area contributed by atoms with Crippen LogP contribution in [0.5, 0.6) is 0 Å². The van der Waals surface area contributed by atoms with Crippen LogP contribution >= 0.6 is 11.6 Å². The van der Waals surface area contributed by atoms with E-state index in [4.69, 9.17) is 11.6 Å².